The first kappa shape index (κ1) is 13.0. The van der Waals surface area contributed by atoms with E-state index >= 15 is 0 Å². The fourth-order valence-electron chi connectivity index (χ4n) is 2.03. The van der Waals surface area contributed by atoms with Crippen molar-refractivity contribution in [3.8, 4) is 0 Å². The molecule has 6 nitrogen and oxygen atoms in total. The molecule has 0 saturated carbocycles. The Morgan fingerprint density at radius 3 is 2.86 bits per heavy atom. The van der Waals surface area contributed by atoms with Gasteiger partial charge in [0, 0.05) is 11.6 Å². The summed E-state index contributed by atoms with van der Waals surface area (Å²) in [4.78, 5) is 16.3. The van der Waals surface area contributed by atoms with Gasteiger partial charge in [-0.1, -0.05) is 24.3 Å². The number of hydrogen-bond donors (Lipinski definition) is 2. The second kappa shape index (κ2) is 5.54. The number of hydrogen-bond acceptors (Lipinski definition) is 5. The Morgan fingerprint density at radius 2 is 2.05 bits per heavy atom. The molecule has 0 bridgehead atoms. The van der Waals surface area contributed by atoms with Crippen molar-refractivity contribution in [3.05, 3.63) is 60.0 Å². The van der Waals surface area contributed by atoms with E-state index < -0.39 is 0 Å². The van der Waals surface area contributed by atoms with Gasteiger partial charge in [0.2, 0.25) is 0 Å². The highest BCUT2D eigenvalue weighted by atomic mass is 16.1. The van der Waals surface area contributed by atoms with Gasteiger partial charge in [0.15, 0.2) is 0 Å². The van der Waals surface area contributed by atoms with Crippen LogP contribution >= 0.6 is 0 Å². The Labute approximate surface area is 121 Å². The molecular formula is C15H13N5O. The fourth-order valence-corrected chi connectivity index (χ4v) is 2.03. The van der Waals surface area contributed by atoms with E-state index in [0.29, 0.717) is 18.1 Å². The van der Waals surface area contributed by atoms with E-state index in [4.69, 9.17) is 5.73 Å². The fraction of sp³-hybridized carbons (Fsp3) is 0.0667. The number of benzene rings is 1. The van der Waals surface area contributed by atoms with Crippen LogP contribution in [0.4, 0.5) is 5.82 Å². The van der Waals surface area contributed by atoms with Crippen LogP contribution < -0.4 is 11.1 Å². The first-order chi connectivity index (χ1) is 10.2. The van der Waals surface area contributed by atoms with Crippen LogP contribution in [0.2, 0.25) is 0 Å². The Morgan fingerprint density at radius 1 is 1.19 bits per heavy atom. The monoisotopic (exact) mass is 279 g/mol. The number of pyridine rings is 1. The molecular weight excluding hydrogens is 266 g/mol. The van der Waals surface area contributed by atoms with Crippen molar-refractivity contribution in [2.75, 3.05) is 5.73 Å². The van der Waals surface area contributed by atoms with Crippen molar-refractivity contribution in [1.82, 2.24) is 20.5 Å². The summed E-state index contributed by atoms with van der Waals surface area (Å²) >= 11 is 0. The van der Waals surface area contributed by atoms with Gasteiger partial charge in [-0.3, -0.25) is 4.79 Å². The third-order valence-electron chi connectivity index (χ3n) is 3.06. The highest BCUT2D eigenvalue weighted by Crippen LogP contribution is 2.19. The normalized spacial score (nSPS) is 10.5. The topological polar surface area (TPSA) is 93.8 Å². The maximum atomic E-state index is 12.1. The molecule has 1 aromatic carbocycles. The Bertz CT molecular complexity index is 788. The molecule has 0 aliphatic rings. The molecule has 0 fully saturated rings. The van der Waals surface area contributed by atoms with Gasteiger partial charge in [0.25, 0.3) is 5.91 Å². The first-order valence-corrected chi connectivity index (χ1v) is 6.44. The predicted octanol–water partition coefficient (Wildman–Crippen LogP) is 1.54. The molecule has 3 rings (SSSR count). The molecule has 3 N–H and O–H groups in total. The summed E-state index contributed by atoms with van der Waals surface area (Å²) in [5, 5.41) is 12.1. The standard InChI is InChI=1S/C15H13N5O/c16-14-12-6-2-1-4-10(12)8-13(19-14)15(21)17-9-11-5-3-7-18-20-11/h1-8H,9H2,(H2,16,19)(H,17,21). The second-order valence-corrected chi connectivity index (χ2v) is 4.51. The van der Waals surface area contributed by atoms with Crippen LogP contribution in [-0.4, -0.2) is 21.1 Å². The van der Waals surface area contributed by atoms with Crippen LogP contribution in [0.15, 0.2) is 48.7 Å². The van der Waals surface area contributed by atoms with Gasteiger partial charge in [-0.2, -0.15) is 10.2 Å². The highest BCUT2D eigenvalue weighted by Gasteiger charge is 2.10. The lowest BCUT2D eigenvalue weighted by atomic mass is 10.1. The third-order valence-corrected chi connectivity index (χ3v) is 3.06. The average Bonchev–Trinajstić information content (AvgIpc) is 2.53. The molecule has 0 saturated heterocycles. The molecule has 0 aliphatic carbocycles. The molecule has 2 aromatic heterocycles. The van der Waals surface area contributed by atoms with Gasteiger partial charge < -0.3 is 11.1 Å². The number of fused-ring (bicyclic) bond motifs is 1. The first-order valence-electron chi connectivity index (χ1n) is 6.44. The van der Waals surface area contributed by atoms with Crippen LogP contribution in [0.3, 0.4) is 0 Å². The van der Waals surface area contributed by atoms with Gasteiger partial charge in [-0.15, -0.1) is 0 Å². The Balaban J connectivity index is 1.81. The van der Waals surface area contributed by atoms with Crippen LogP contribution in [-0.2, 0) is 6.54 Å². The number of nitrogens with one attached hydrogen (secondary N) is 1. The quantitative estimate of drug-likeness (QED) is 0.758. The number of anilines is 1. The minimum Gasteiger partial charge on any atom is -0.383 e. The number of rotatable bonds is 3. The molecule has 0 atom stereocenters. The number of nitrogen functional groups attached to an aromatic ring is 1. The zero-order chi connectivity index (χ0) is 14.7. The zero-order valence-electron chi connectivity index (χ0n) is 11.2. The SMILES string of the molecule is Nc1nc(C(=O)NCc2cccnn2)cc2ccccc12. The molecule has 6 heteroatoms. The highest BCUT2D eigenvalue weighted by molar-refractivity contribution is 5.99. The molecule has 0 radical (unpaired) electrons. The molecule has 3 aromatic rings. The van der Waals surface area contributed by atoms with Gasteiger partial charge in [0.1, 0.15) is 11.5 Å². The second-order valence-electron chi connectivity index (χ2n) is 4.51. The number of amides is 1. The summed E-state index contributed by atoms with van der Waals surface area (Å²) in [6.45, 7) is 0.293. The average molecular weight is 279 g/mol. The lowest BCUT2D eigenvalue weighted by Gasteiger charge is -2.07. The van der Waals surface area contributed by atoms with Gasteiger partial charge in [0.05, 0.1) is 12.2 Å². The lowest BCUT2D eigenvalue weighted by molar-refractivity contribution is 0.0945. The summed E-state index contributed by atoms with van der Waals surface area (Å²) in [5.74, 6) is 0.0517. The minimum atomic E-state index is -0.293. The van der Waals surface area contributed by atoms with E-state index in [2.05, 4.69) is 20.5 Å². The predicted molar refractivity (Wildman–Crippen MR) is 79.4 cm³/mol. The van der Waals surface area contributed by atoms with E-state index in [9.17, 15) is 4.79 Å². The third kappa shape index (κ3) is 2.79. The number of carbonyl (C=O) groups is 1. The lowest BCUT2D eigenvalue weighted by Crippen LogP contribution is -2.24. The molecule has 0 unspecified atom stereocenters. The number of nitrogens with zero attached hydrogens (tertiary/aromatic N) is 3. The molecule has 0 spiro atoms. The number of carbonyl (C=O) groups excluding carboxylic acids is 1. The largest absolute Gasteiger partial charge is 0.383 e. The van der Waals surface area contributed by atoms with Gasteiger partial charge >= 0.3 is 0 Å². The van der Waals surface area contributed by atoms with Gasteiger partial charge in [-0.25, -0.2) is 4.98 Å². The van der Waals surface area contributed by atoms with Gasteiger partial charge in [-0.05, 0) is 23.6 Å². The molecule has 2 heterocycles. The smallest absolute Gasteiger partial charge is 0.270 e. The number of nitrogens with two attached hydrogens (primary N) is 1. The van der Waals surface area contributed by atoms with E-state index in [0.717, 1.165) is 10.8 Å². The minimum absolute atomic E-state index is 0.287. The summed E-state index contributed by atoms with van der Waals surface area (Å²) in [6, 6.07) is 12.8. The zero-order valence-corrected chi connectivity index (χ0v) is 11.2. The summed E-state index contributed by atoms with van der Waals surface area (Å²) in [6.07, 6.45) is 1.58. The van der Waals surface area contributed by atoms with Crippen molar-refractivity contribution >= 4 is 22.5 Å². The Hall–Kier alpha value is -3.02. The van der Waals surface area contributed by atoms with Crippen LogP contribution in [0.1, 0.15) is 16.2 Å². The van der Waals surface area contributed by atoms with E-state index in [-0.39, 0.29) is 11.6 Å². The molecule has 104 valence electrons. The van der Waals surface area contributed by atoms with E-state index in [1.165, 1.54) is 0 Å². The van der Waals surface area contributed by atoms with Crippen molar-refractivity contribution in [3.63, 3.8) is 0 Å². The maximum Gasteiger partial charge on any atom is 0.270 e. The van der Waals surface area contributed by atoms with E-state index in [1.54, 1.807) is 24.4 Å². The molecule has 21 heavy (non-hydrogen) atoms. The summed E-state index contributed by atoms with van der Waals surface area (Å²) in [5.41, 5.74) is 6.86. The number of aromatic nitrogens is 3. The molecule has 1 amide bonds. The van der Waals surface area contributed by atoms with E-state index in [1.807, 2.05) is 24.3 Å². The molecule has 0 aliphatic heterocycles. The van der Waals surface area contributed by atoms with Crippen molar-refractivity contribution in [2.24, 2.45) is 0 Å². The maximum absolute atomic E-state index is 12.1. The van der Waals surface area contributed by atoms with Crippen LogP contribution in [0, 0.1) is 0 Å². The van der Waals surface area contributed by atoms with Crippen molar-refractivity contribution in [2.45, 2.75) is 6.54 Å². The summed E-state index contributed by atoms with van der Waals surface area (Å²) in [7, 11) is 0. The van der Waals surface area contributed by atoms with Crippen molar-refractivity contribution in [1.29, 1.82) is 0 Å². The van der Waals surface area contributed by atoms with Crippen LogP contribution in [0.5, 0.6) is 0 Å². The van der Waals surface area contributed by atoms with Crippen molar-refractivity contribution < 1.29 is 4.79 Å². The van der Waals surface area contributed by atoms with Crippen LogP contribution in [0.25, 0.3) is 10.8 Å². The Kier molecular flexibility index (Phi) is 3.42. The summed E-state index contributed by atoms with van der Waals surface area (Å²) < 4.78 is 0.